The highest BCUT2D eigenvalue weighted by Gasteiger charge is 2.18. The monoisotopic (exact) mass is 313 g/mol. The van der Waals surface area contributed by atoms with Crippen molar-refractivity contribution >= 4 is 27.3 Å². The van der Waals surface area contributed by atoms with Crippen LogP contribution >= 0.6 is 0 Å². The van der Waals surface area contributed by atoms with E-state index < -0.39 is 26.5 Å². The second-order valence-corrected chi connectivity index (χ2v) is 5.49. The Morgan fingerprint density at radius 1 is 1.29 bits per heavy atom. The standard InChI is InChI=1S/C10H8FN5O4S/c11-8-3-6(1-2-9(8)16(17)18)15-21(19,20)7-4-13-10(12)14-5-7/h1-5,15H,(H2,12,13,14). The maximum absolute atomic E-state index is 13.4. The van der Waals surface area contributed by atoms with Crippen molar-refractivity contribution in [3.63, 3.8) is 0 Å². The Morgan fingerprint density at radius 2 is 1.90 bits per heavy atom. The van der Waals surface area contributed by atoms with Crippen LogP contribution in [0.2, 0.25) is 0 Å². The molecule has 3 N–H and O–H groups in total. The fourth-order valence-electron chi connectivity index (χ4n) is 1.40. The topological polar surface area (TPSA) is 141 Å². The highest BCUT2D eigenvalue weighted by atomic mass is 32.2. The summed E-state index contributed by atoms with van der Waals surface area (Å²) in [6, 6.07) is 2.62. The highest BCUT2D eigenvalue weighted by molar-refractivity contribution is 7.92. The largest absolute Gasteiger partial charge is 0.368 e. The van der Waals surface area contributed by atoms with Crippen molar-refractivity contribution in [3.8, 4) is 0 Å². The zero-order valence-corrected chi connectivity index (χ0v) is 11.0. The molecule has 0 radical (unpaired) electrons. The van der Waals surface area contributed by atoms with Crippen LogP contribution in [-0.2, 0) is 10.0 Å². The number of hydrogen-bond donors (Lipinski definition) is 2. The van der Waals surface area contributed by atoms with Crippen LogP contribution < -0.4 is 10.5 Å². The number of aromatic nitrogens is 2. The van der Waals surface area contributed by atoms with E-state index in [9.17, 15) is 22.9 Å². The van der Waals surface area contributed by atoms with Crippen molar-refractivity contribution in [1.82, 2.24) is 9.97 Å². The second kappa shape index (κ2) is 5.28. The van der Waals surface area contributed by atoms with Gasteiger partial charge in [-0.15, -0.1) is 0 Å². The Bertz CT molecular complexity index is 794. The smallest absolute Gasteiger partial charge is 0.304 e. The van der Waals surface area contributed by atoms with Gasteiger partial charge < -0.3 is 5.73 Å². The molecule has 0 aliphatic carbocycles. The molecular weight excluding hydrogens is 305 g/mol. The number of anilines is 2. The number of nitrogens with zero attached hydrogens (tertiary/aromatic N) is 3. The summed E-state index contributed by atoms with van der Waals surface area (Å²) >= 11 is 0. The maximum atomic E-state index is 13.4. The lowest BCUT2D eigenvalue weighted by molar-refractivity contribution is -0.387. The first-order valence-corrected chi connectivity index (χ1v) is 6.82. The average molecular weight is 313 g/mol. The molecule has 0 spiro atoms. The number of sulfonamides is 1. The zero-order valence-electron chi connectivity index (χ0n) is 10.2. The Kier molecular flexibility index (Phi) is 3.67. The number of rotatable bonds is 4. The van der Waals surface area contributed by atoms with Crippen LogP contribution in [0, 0.1) is 15.9 Å². The average Bonchev–Trinajstić information content (AvgIpc) is 2.38. The first-order chi connectivity index (χ1) is 9.79. The van der Waals surface area contributed by atoms with E-state index in [4.69, 9.17) is 5.73 Å². The van der Waals surface area contributed by atoms with E-state index in [0.717, 1.165) is 24.5 Å². The molecule has 0 fully saturated rings. The predicted molar refractivity (Wildman–Crippen MR) is 70.3 cm³/mol. The lowest BCUT2D eigenvalue weighted by Gasteiger charge is -2.07. The van der Waals surface area contributed by atoms with E-state index in [2.05, 4.69) is 9.97 Å². The minimum Gasteiger partial charge on any atom is -0.368 e. The van der Waals surface area contributed by atoms with Gasteiger partial charge >= 0.3 is 5.69 Å². The predicted octanol–water partition coefficient (Wildman–Crippen LogP) is 0.907. The first kappa shape index (κ1) is 14.6. The van der Waals surface area contributed by atoms with Crippen LogP contribution in [0.1, 0.15) is 0 Å². The Labute approximate surface area is 117 Å². The zero-order chi connectivity index (χ0) is 15.6. The van der Waals surface area contributed by atoms with Gasteiger partial charge in [-0.3, -0.25) is 14.8 Å². The van der Waals surface area contributed by atoms with Crippen LogP contribution in [0.5, 0.6) is 0 Å². The molecular formula is C10H8FN5O4S. The van der Waals surface area contributed by atoms with E-state index >= 15 is 0 Å². The van der Waals surface area contributed by atoms with Gasteiger partial charge in [0.1, 0.15) is 4.90 Å². The van der Waals surface area contributed by atoms with Gasteiger partial charge in [0.25, 0.3) is 10.0 Å². The fraction of sp³-hybridized carbons (Fsp3) is 0. The molecule has 0 atom stereocenters. The van der Waals surface area contributed by atoms with Gasteiger partial charge in [0.15, 0.2) is 0 Å². The van der Waals surface area contributed by atoms with E-state index in [-0.39, 0.29) is 16.5 Å². The molecule has 1 aromatic carbocycles. The molecule has 0 bridgehead atoms. The third kappa shape index (κ3) is 3.20. The second-order valence-electron chi connectivity index (χ2n) is 3.81. The lowest BCUT2D eigenvalue weighted by Crippen LogP contribution is -2.14. The summed E-state index contributed by atoms with van der Waals surface area (Å²) < 4.78 is 39.4. The summed E-state index contributed by atoms with van der Waals surface area (Å²) in [5.41, 5.74) is 4.31. The summed E-state index contributed by atoms with van der Waals surface area (Å²) in [5, 5.41) is 10.5. The van der Waals surface area contributed by atoms with Crippen LogP contribution in [0.3, 0.4) is 0 Å². The molecule has 0 amide bonds. The first-order valence-electron chi connectivity index (χ1n) is 5.34. The van der Waals surface area contributed by atoms with Crippen molar-refractivity contribution in [2.75, 3.05) is 10.5 Å². The van der Waals surface area contributed by atoms with Gasteiger partial charge in [0, 0.05) is 12.1 Å². The lowest BCUT2D eigenvalue weighted by atomic mass is 10.3. The molecule has 2 aromatic rings. The summed E-state index contributed by atoms with van der Waals surface area (Å²) in [5.74, 6) is -1.26. The molecule has 21 heavy (non-hydrogen) atoms. The van der Waals surface area contributed by atoms with Gasteiger partial charge in [0.05, 0.1) is 23.0 Å². The number of halogens is 1. The molecule has 9 nitrogen and oxygen atoms in total. The minimum absolute atomic E-state index is 0.102. The quantitative estimate of drug-likeness (QED) is 0.631. The summed E-state index contributed by atoms with van der Waals surface area (Å²) in [4.78, 5) is 16.3. The van der Waals surface area contributed by atoms with E-state index in [1.54, 1.807) is 0 Å². The van der Waals surface area contributed by atoms with Crippen molar-refractivity contribution in [1.29, 1.82) is 0 Å². The maximum Gasteiger partial charge on any atom is 0.304 e. The van der Waals surface area contributed by atoms with Crippen LogP contribution in [0.25, 0.3) is 0 Å². The molecule has 11 heteroatoms. The van der Waals surface area contributed by atoms with Gasteiger partial charge in [-0.05, 0) is 6.07 Å². The van der Waals surface area contributed by atoms with Crippen molar-refractivity contribution in [3.05, 3.63) is 46.5 Å². The normalized spacial score (nSPS) is 11.1. The molecule has 0 aliphatic heterocycles. The molecule has 1 heterocycles. The number of hydrogen-bond acceptors (Lipinski definition) is 7. The number of nitrogen functional groups attached to an aromatic ring is 1. The van der Waals surface area contributed by atoms with Crippen LogP contribution in [-0.4, -0.2) is 23.3 Å². The minimum atomic E-state index is -4.05. The number of nitro groups is 1. The molecule has 2 rings (SSSR count). The Balaban J connectivity index is 2.31. The number of benzene rings is 1. The van der Waals surface area contributed by atoms with Crippen LogP contribution in [0.15, 0.2) is 35.5 Å². The van der Waals surface area contributed by atoms with Crippen molar-refractivity contribution in [2.45, 2.75) is 4.90 Å². The van der Waals surface area contributed by atoms with E-state index in [1.807, 2.05) is 4.72 Å². The van der Waals surface area contributed by atoms with Gasteiger partial charge in [-0.1, -0.05) is 0 Å². The molecule has 0 unspecified atom stereocenters. The highest BCUT2D eigenvalue weighted by Crippen LogP contribution is 2.22. The number of nitrogens with two attached hydrogens (primary N) is 1. The fourth-order valence-corrected chi connectivity index (χ4v) is 2.34. The van der Waals surface area contributed by atoms with Crippen molar-refractivity contribution in [2.24, 2.45) is 0 Å². The third-order valence-electron chi connectivity index (χ3n) is 2.36. The van der Waals surface area contributed by atoms with Crippen LogP contribution in [0.4, 0.5) is 21.7 Å². The SMILES string of the molecule is Nc1ncc(S(=O)(=O)Nc2ccc([N+](=O)[O-])c(F)c2)cn1. The van der Waals surface area contributed by atoms with Crippen molar-refractivity contribution < 1.29 is 17.7 Å². The summed E-state index contributed by atoms with van der Waals surface area (Å²) in [6.07, 6.45) is 1.96. The molecule has 0 saturated carbocycles. The van der Waals surface area contributed by atoms with E-state index in [1.165, 1.54) is 0 Å². The Morgan fingerprint density at radius 3 is 2.43 bits per heavy atom. The molecule has 0 aliphatic rings. The molecule has 110 valence electrons. The number of nitro benzene ring substituents is 1. The number of nitrogens with one attached hydrogen (secondary N) is 1. The van der Waals surface area contributed by atoms with E-state index in [0.29, 0.717) is 6.07 Å². The molecule has 1 aromatic heterocycles. The third-order valence-corrected chi connectivity index (χ3v) is 3.69. The summed E-state index contributed by atoms with van der Waals surface area (Å²) in [7, 11) is -4.05. The van der Waals surface area contributed by atoms with Gasteiger partial charge in [0.2, 0.25) is 11.8 Å². The van der Waals surface area contributed by atoms with Gasteiger partial charge in [-0.25, -0.2) is 18.4 Å². The van der Waals surface area contributed by atoms with Gasteiger partial charge in [-0.2, -0.15) is 4.39 Å². The molecule has 0 saturated heterocycles. The Hall–Kier alpha value is -2.82. The summed E-state index contributed by atoms with van der Waals surface area (Å²) in [6.45, 7) is 0.